The predicted molar refractivity (Wildman–Crippen MR) is 71.5 cm³/mol. The standard InChI is InChI=1S/C14H26N2O2/c1-15(8-9-16-6-2-3-7-16)14(17)11-13-5-4-10-18-12-13/h13H,2-12H2,1H3/t13-/m0/s1. The van der Waals surface area contributed by atoms with Gasteiger partial charge in [-0.3, -0.25) is 4.79 Å². The highest BCUT2D eigenvalue weighted by Gasteiger charge is 2.20. The molecule has 4 nitrogen and oxygen atoms in total. The molecule has 0 radical (unpaired) electrons. The van der Waals surface area contributed by atoms with E-state index in [2.05, 4.69) is 4.90 Å². The van der Waals surface area contributed by atoms with E-state index in [-0.39, 0.29) is 5.91 Å². The quantitative estimate of drug-likeness (QED) is 0.742. The van der Waals surface area contributed by atoms with Crippen molar-refractivity contribution in [2.24, 2.45) is 5.92 Å². The molecule has 18 heavy (non-hydrogen) atoms. The Labute approximate surface area is 110 Å². The lowest BCUT2D eigenvalue weighted by Crippen LogP contribution is -2.36. The van der Waals surface area contributed by atoms with Crippen LogP contribution in [0.25, 0.3) is 0 Å². The molecule has 0 aromatic heterocycles. The zero-order valence-electron chi connectivity index (χ0n) is 11.6. The van der Waals surface area contributed by atoms with Crippen LogP contribution in [0.15, 0.2) is 0 Å². The molecule has 104 valence electrons. The van der Waals surface area contributed by atoms with Gasteiger partial charge < -0.3 is 14.5 Å². The van der Waals surface area contributed by atoms with E-state index in [4.69, 9.17) is 4.74 Å². The van der Waals surface area contributed by atoms with Crippen molar-refractivity contribution < 1.29 is 9.53 Å². The number of amides is 1. The first-order chi connectivity index (χ1) is 8.75. The van der Waals surface area contributed by atoms with Gasteiger partial charge in [0.1, 0.15) is 0 Å². The van der Waals surface area contributed by atoms with Crippen molar-refractivity contribution in [1.29, 1.82) is 0 Å². The van der Waals surface area contributed by atoms with Crippen LogP contribution in [0.4, 0.5) is 0 Å². The van der Waals surface area contributed by atoms with E-state index in [9.17, 15) is 4.79 Å². The summed E-state index contributed by atoms with van der Waals surface area (Å²) in [5, 5.41) is 0. The van der Waals surface area contributed by atoms with Gasteiger partial charge in [0.25, 0.3) is 0 Å². The minimum absolute atomic E-state index is 0.282. The Balaban J connectivity index is 1.63. The summed E-state index contributed by atoms with van der Waals surface area (Å²) in [4.78, 5) is 16.4. The molecular formula is C14H26N2O2. The lowest BCUT2D eigenvalue weighted by atomic mass is 9.98. The zero-order valence-corrected chi connectivity index (χ0v) is 11.6. The fourth-order valence-electron chi connectivity index (χ4n) is 2.79. The van der Waals surface area contributed by atoms with E-state index < -0.39 is 0 Å². The van der Waals surface area contributed by atoms with Crippen LogP contribution in [-0.2, 0) is 9.53 Å². The first kappa shape index (κ1) is 13.8. The van der Waals surface area contributed by atoms with Crippen LogP contribution in [0.1, 0.15) is 32.1 Å². The monoisotopic (exact) mass is 254 g/mol. The summed E-state index contributed by atoms with van der Waals surface area (Å²) in [6.45, 7) is 5.95. The van der Waals surface area contributed by atoms with Crippen LogP contribution in [-0.4, -0.2) is 62.1 Å². The van der Waals surface area contributed by atoms with Gasteiger partial charge in [-0.15, -0.1) is 0 Å². The fourth-order valence-corrected chi connectivity index (χ4v) is 2.79. The van der Waals surface area contributed by atoms with Gasteiger partial charge in [0, 0.05) is 39.8 Å². The second kappa shape index (κ2) is 7.10. The highest BCUT2D eigenvalue weighted by molar-refractivity contribution is 5.76. The zero-order chi connectivity index (χ0) is 12.8. The summed E-state index contributed by atoms with van der Waals surface area (Å²) in [5.74, 6) is 0.727. The molecule has 0 unspecified atom stereocenters. The maximum absolute atomic E-state index is 12.1. The first-order valence-electron chi connectivity index (χ1n) is 7.30. The second-order valence-corrected chi connectivity index (χ2v) is 5.65. The molecule has 2 aliphatic rings. The predicted octanol–water partition coefficient (Wildman–Crippen LogP) is 1.36. The van der Waals surface area contributed by atoms with Crippen LogP contribution in [0.2, 0.25) is 0 Å². The second-order valence-electron chi connectivity index (χ2n) is 5.65. The van der Waals surface area contributed by atoms with Crippen LogP contribution in [0.5, 0.6) is 0 Å². The topological polar surface area (TPSA) is 32.8 Å². The van der Waals surface area contributed by atoms with Crippen molar-refractivity contribution in [2.45, 2.75) is 32.1 Å². The molecule has 0 aromatic carbocycles. The lowest BCUT2D eigenvalue weighted by molar-refractivity contribution is -0.132. The molecular weight excluding hydrogens is 228 g/mol. The molecule has 2 rings (SSSR count). The van der Waals surface area contributed by atoms with E-state index in [0.29, 0.717) is 12.3 Å². The molecule has 2 heterocycles. The SMILES string of the molecule is CN(CCN1CCCC1)C(=O)C[C@@H]1CCCOC1. The molecule has 0 aliphatic carbocycles. The van der Waals surface area contributed by atoms with E-state index in [1.165, 1.54) is 25.9 Å². The Bertz CT molecular complexity index is 259. The third-order valence-corrected chi connectivity index (χ3v) is 4.09. The molecule has 2 fully saturated rings. The number of carbonyl (C=O) groups excluding carboxylic acids is 1. The Morgan fingerprint density at radius 2 is 2.11 bits per heavy atom. The summed E-state index contributed by atoms with van der Waals surface area (Å²) in [6, 6.07) is 0. The molecule has 0 bridgehead atoms. The number of hydrogen-bond acceptors (Lipinski definition) is 3. The Morgan fingerprint density at radius 3 is 2.78 bits per heavy atom. The van der Waals surface area contributed by atoms with Gasteiger partial charge in [-0.05, 0) is 44.7 Å². The number of ether oxygens (including phenoxy) is 1. The van der Waals surface area contributed by atoms with Crippen molar-refractivity contribution in [2.75, 3.05) is 46.4 Å². The van der Waals surface area contributed by atoms with E-state index in [1.807, 2.05) is 11.9 Å². The van der Waals surface area contributed by atoms with Crippen LogP contribution < -0.4 is 0 Å². The summed E-state index contributed by atoms with van der Waals surface area (Å²) in [7, 11) is 1.93. The van der Waals surface area contributed by atoms with E-state index in [1.54, 1.807) is 0 Å². The number of likely N-dealkylation sites (tertiary alicyclic amines) is 1. The minimum Gasteiger partial charge on any atom is -0.381 e. The maximum atomic E-state index is 12.1. The first-order valence-corrected chi connectivity index (χ1v) is 7.30. The Morgan fingerprint density at radius 1 is 1.33 bits per heavy atom. The Hall–Kier alpha value is -0.610. The maximum Gasteiger partial charge on any atom is 0.222 e. The lowest BCUT2D eigenvalue weighted by Gasteiger charge is -2.25. The molecule has 2 saturated heterocycles. The number of carbonyl (C=O) groups is 1. The van der Waals surface area contributed by atoms with Gasteiger partial charge in [0.05, 0.1) is 0 Å². The van der Waals surface area contributed by atoms with E-state index in [0.717, 1.165) is 39.1 Å². The number of likely N-dealkylation sites (N-methyl/N-ethyl adjacent to an activating group) is 1. The largest absolute Gasteiger partial charge is 0.381 e. The summed E-state index contributed by atoms with van der Waals surface area (Å²) in [6.07, 6.45) is 5.55. The highest BCUT2D eigenvalue weighted by Crippen LogP contribution is 2.18. The van der Waals surface area contributed by atoms with Crippen LogP contribution in [0.3, 0.4) is 0 Å². The highest BCUT2D eigenvalue weighted by atomic mass is 16.5. The normalized spacial score (nSPS) is 25.3. The minimum atomic E-state index is 0.282. The van der Waals surface area contributed by atoms with Crippen molar-refractivity contribution in [3.05, 3.63) is 0 Å². The molecule has 1 atom stereocenters. The van der Waals surface area contributed by atoms with Crippen molar-refractivity contribution >= 4 is 5.91 Å². The summed E-state index contributed by atoms with van der Waals surface area (Å²) < 4.78 is 5.42. The smallest absolute Gasteiger partial charge is 0.222 e. The molecule has 2 aliphatic heterocycles. The fraction of sp³-hybridized carbons (Fsp3) is 0.929. The molecule has 4 heteroatoms. The van der Waals surface area contributed by atoms with Gasteiger partial charge >= 0.3 is 0 Å². The van der Waals surface area contributed by atoms with Crippen LogP contribution in [0, 0.1) is 5.92 Å². The van der Waals surface area contributed by atoms with Crippen molar-refractivity contribution in [3.63, 3.8) is 0 Å². The number of hydrogen-bond donors (Lipinski definition) is 0. The molecule has 0 saturated carbocycles. The van der Waals surface area contributed by atoms with E-state index >= 15 is 0 Å². The average molecular weight is 254 g/mol. The molecule has 0 aromatic rings. The van der Waals surface area contributed by atoms with Crippen molar-refractivity contribution in [3.8, 4) is 0 Å². The molecule has 0 spiro atoms. The van der Waals surface area contributed by atoms with Crippen molar-refractivity contribution in [1.82, 2.24) is 9.80 Å². The van der Waals surface area contributed by atoms with Gasteiger partial charge in [0.15, 0.2) is 0 Å². The molecule has 1 amide bonds. The number of nitrogens with zero attached hydrogens (tertiary/aromatic N) is 2. The summed E-state index contributed by atoms with van der Waals surface area (Å²) >= 11 is 0. The van der Waals surface area contributed by atoms with Crippen LogP contribution >= 0.6 is 0 Å². The third kappa shape index (κ3) is 4.25. The average Bonchev–Trinajstić information content (AvgIpc) is 2.90. The van der Waals surface area contributed by atoms with Gasteiger partial charge in [-0.1, -0.05) is 0 Å². The number of rotatable bonds is 5. The molecule has 0 N–H and O–H groups in total. The Kier molecular flexibility index (Phi) is 5.45. The van der Waals surface area contributed by atoms with Gasteiger partial charge in [-0.2, -0.15) is 0 Å². The van der Waals surface area contributed by atoms with Gasteiger partial charge in [-0.25, -0.2) is 0 Å². The summed E-state index contributed by atoms with van der Waals surface area (Å²) in [5.41, 5.74) is 0. The van der Waals surface area contributed by atoms with Gasteiger partial charge in [0.2, 0.25) is 5.91 Å². The third-order valence-electron chi connectivity index (χ3n) is 4.09.